The normalized spacial score (nSPS) is 18.4. The van der Waals surface area contributed by atoms with Crippen molar-refractivity contribution < 1.29 is 16.0 Å². The van der Waals surface area contributed by atoms with Crippen molar-refractivity contribution in [1.82, 2.24) is 24.5 Å². The van der Waals surface area contributed by atoms with Crippen LogP contribution in [0.1, 0.15) is 37.9 Å². The molecule has 0 amide bonds. The number of rotatable bonds is 1. The smallest absolute Gasteiger partial charge is 0.166 e. The van der Waals surface area contributed by atoms with Gasteiger partial charge in [0.25, 0.3) is 0 Å². The maximum atomic E-state index is 14.3. The summed E-state index contributed by atoms with van der Waals surface area (Å²) in [6, 6.07) is 7.42. The van der Waals surface area contributed by atoms with Crippen molar-refractivity contribution in [3.05, 3.63) is 64.8 Å². The summed E-state index contributed by atoms with van der Waals surface area (Å²) < 4.78 is 62.7. The van der Waals surface area contributed by atoms with Crippen LogP contribution in [-0.4, -0.2) is 24.5 Å². The highest BCUT2D eigenvalue weighted by atomic mass is 35.5. The highest BCUT2D eigenvalue weighted by Gasteiger charge is 2.23. The van der Waals surface area contributed by atoms with Gasteiger partial charge in [0.15, 0.2) is 16.7 Å². The van der Waals surface area contributed by atoms with Crippen molar-refractivity contribution in [3.63, 3.8) is 0 Å². The Morgan fingerprint density at radius 1 is 1.35 bits per heavy atom. The number of hydrogen-bond acceptors (Lipinski definition) is 5. The highest BCUT2D eigenvalue weighted by Crippen LogP contribution is 2.37. The van der Waals surface area contributed by atoms with E-state index in [0.717, 1.165) is 4.68 Å². The molecule has 0 radical (unpaired) electrons. The van der Waals surface area contributed by atoms with Gasteiger partial charge in [0, 0.05) is 45.1 Å². The van der Waals surface area contributed by atoms with Gasteiger partial charge in [-0.2, -0.15) is 10.2 Å². The molecule has 3 aromatic heterocycles. The fourth-order valence-corrected chi connectivity index (χ4v) is 4.01. The minimum absolute atomic E-state index is 0.0557. The molecule has 0 saturated carbocycles. The zero-order valence-corrected chi connectivity index (χ0v) is 17.1. The van der Waals surface area contributed by atoms with Gasteiger partial charge in [-0.15, -0.1) is 0 Å². The van der Waals surface area contributed by atoms with Crippen LogP contribution in [-0.2, 0) is 13.0 Å². The van der Waals surface area contributed by atoms with Gasteiger partial charge in [0.1, 0.15) is 11.9 Å². The molecule has 1 aromatic carbocycles. The van der Waals surface area contributed by atoms with E-state index in [1.54, 1.807) is 23.7 Å². The number of anilines is 1. The van der Waals surface area contributed by atoms with E-state index in [1.165, 1.54) is 30.6 Å². The molecule has 7 nitrogen and oxygen atoms in total. The summed E-state index contributed by atoms with van der Waals surface area (Å²) in [5.41, 5.74) is 8.69. The Labute approximate surface area is 190 Å². The summed E-state index contributed by atoms with van der Waals surface area (Å²) in [4.78, 5) is 4.18. The monoisotopic (exact) mass is 443 g/mol. The molecule has 1 aliphatic heterocycles. The quantitative estimate of drug-likeness (QED) is 0.460. The van der Waals surface area contributed by atoms with Crippen molar-refractivity contribution in [2.75, 3.05) is 5.73 Å². The first-order valence-corrected chi connectivity index (χ1v) is 9.77. The van der Waals surface area contributed by atoms with Crippen LogP contribution in [0.4, 0.5) is 10.2 Å². The Bertz CT molecular complexity index is 1480. The van der Waals surface area contributed by atoms with Gasteiger partial charge >= 0.3 is 0 Å². The van der Waals surface area contributed by atoms with Crippen molar-refractivity contribution in [2.24, 2.45) is 0 Å². The molecule has 0 saturated heterocycles. The number of aryl methyl sites for hydroxylation is 1. The first-order valence-electron chi connectivity index (χ1n) is 11.9. The van der Waals surface area contributed by atoms with Gasteiger partial charge in [-0.25, -0.2) is 9.37 Å². The van der Waals surface area contributed by atoms with E-state index in [1.807, 2.05) is 0 Å². The van der Waals surface area contributed by atoms with Crippen LogP contribution in [0.25, 0.3) is 22.5 Å². The summed E-state index contributed by atoms with van der Waals surface area (Å²) in [5, 5.41) is 8.65. The molecule has 4 aromatic rings. The molecule has 31 heavy (non-hydrogen) atoms. The Balaban J connectivity index is 1.82. The molecule has 1 aliphatic rings. The zero-order valence-electron chi connectivity index (χ0n) is 21.3. The number of pyridine rings is 1. The van der Waals surface area contributed by atoms with Gasteiger partial charge in [-0.1, -0.05) is 11.6 Å². The molecule has 2 N–H and O–H groups in total. The first-order chi connectivity index (χ1) is 16.9. The second-order valence-corrected chi connectivity index (χ2v) is 7.54. The van der Waals surface area contributed by atoms with Gasteiger partial charge in [-0.05, 0) is 38.0 Å². The Morgan fingerprint density at radius 2 is 2.23 bits per heavy atom. The van der Waals surface area contributed by atoms with E-state index in [4.69, 9.17) is 28.9 Å². The van der Waals surface area contributed by atoms with Gasteiger partial charge in [0.05, 0.1) is 26.9 Å². The summed E-state index contributed by atoms with van der Waals surface area (Å²) in [6.07, 6.45) is 2.07. The fourth-order valence-electron chi connectivity index (χ4n) is 3.81. The maximum absolute atomic E-state index is 14.3. The summed E-state index contributed by atoms with van der Waals surface area (Å²) >= 11 is 6.26. The summed E-state index contributed by atoms with van der Waals surface area (Å²) in [6.45, 7) is -4.08. The number of nitrogens with two attached hydrogens (primary N) is 1. The lowest BCUT2D eigenvalue weighted by Crippen LogP contribution is -2.12. The number of hydrogen-bond donors (Lipinski definition) is 1. The molecule has 158 valence electrons. The van der Waals surface area contributed by atoms with Crippen molar-refractivity contribution in [3.8, 4) is 28.3 Å². The Hall–Kier alpha value is -3.39. The van der Waals surface area contributed by atoms with Gasteiger partial charge in [0.2, 0.25) is 0 Å². The molecule has 0 spiro atoms. The second-order valence-electron chi connectivity index (χ2n) is 7.15. The molecule has 9 heteroatoms. The third-order valence-electron chi connectivity index (χ3n) is 5.21. The van der Waals surface area contributed by atoms with Crippen LogP contribution in [0.15, 0.2) is 42.7 Å². The summed E-state index contributed by atoms with van der Waals surface area (Å²) in [5.74, 6) is -0.237. The lowest BCUT2D eigenvalue weighted by Gasteiger charge is -2.21. The topological polar surface area (TPSA) is 83.8 Å². The number of halogens is 2. The van der Waals surface area contributed by atoms with Crippen LogP contribution in [0, 0.1) is 5.82 Å². The molecular weight excluding hydrogens is 419 g/mol. The van der Waals surface area contributed by atoms with Crippen LogP contribution in [0.5, 0.6) is 5.75 Å². The molecular formula is C22H20ClFN6O. The maximum Gasteiger partial charge on any atom is 0.166 e. The average molecular weight is 444 g/mol. The number of benzene rings is 1. The molecule has 0 unspecified atom stereocenters. The minimum atomic E-state index is -3.02. The average Bonchev–Trinajstić information content (AvgIpc) is 3.37. The van der Waals surface area contributed by atoms with Crippen molar-refractivity contribution >= 4 is 17.4 Å². The van der Waals surface area contributed by atoms with E-state index < -0.39 is 25.3 Å². The van der Waals surface area contributed by atoms with Crippen LogP contribution in [0.2, 0.25) is 5.15 Å². The fraction of sp³-hybridized carbons (Fsp3) is 0.227. The third-order valence-corrected chi connectivity index (χ3v) is 5.39. The lowest BCUT2D eigenvalue weighted by molar-refractivity contribution is 0.227. The first kappa shape index (κ1) is 14.6. The Kier molecular flexibility index (Phi) is 3.48. The minimum Gasteiger partial charge on any atom is -0.482 e. The van der Waals surface area contributed by atoms with Gasteiger partial charge in [-0.3, -0.25) is 9.36 Å². The summed E-state index contributed by atoms with van der Waals surface area (Å²) in [7, 11) is 0. The second kappa shape index (κ2) is 7.39. The highest BCUT2D eigenvalue weighted by molar-refractivity contribution is 6.29. The van der Waals surface area contributed by atoms with E-state index in [2.05, 4.69) is 15.2 Å². The number of nitrogens with zero attached hydrogens (tertiary/aromatic N) is 5. The largest absolute Gasteiger partial charge is 0.482 e. The number of nitrogen functional groups attached to an aromatic ring is 1. The molecule has 2 bridgehead atoms. The van der Waals surface area contributed by atoms with Crippen molar-refractivity contribution in [1.29, 1.82) is 0 Å². The van der Waals surface area contributed by atoms with Crippen molar-refractivity contribution in [2.45, 2.75) is 32.9 Å². The SMILES string of the molecule is [2H]C([2H])([2H])C([2H])([2H])n1ncc2c1-c1cnc(N)c(c1)O[C@H](C)c1cc(F)ccc1-c1cc(Cl)nn1C2. The number of fused-ring (bicyclic) bond motifs is 7. The molecule has 1 atom stereocenters. The predicted molar refractivity (Wildman–Crippen MR) is 116 cm³/mol. The van der Waals surface area contributed by atoms with E-state index in [0.29, 0.717) is 27.9 Å². The standard InChI is InChI=1S/C22H20ClFN6O/c1-3-29-21-13-6-19(22(25)26-9-13)31-12(2)17-7-15(24)4-5-16(17)18-8-20(23)28-30(18)11-14(21)10-27-29/h4-10,12H,3,11H2,1-2H3,(H2,25,26)/t12-/m1/s1/i1D3,3D2. The van der Waals surface area contributed by atoms with E-state index >= 15 is 0 Å². The molecule has 4 heterocycles. The van der Waals surface area contributed by atoms with E-state index in [9.17, 15) is 4.39 Å². The molecule has 5 rings (SSSR count). The van der Waals surface area contributed by atoms with Crippen LogP contribution < -0.4 is 10.5 Å². The third kappa shape index (κ3) is 3.33. The van der Waals surface area contributed by atoms with Crippen LogP contribution in [0.3, 0.4) is 0 Å². The van der Waals surface area contributed by atoms with Crippen LogP contribution >= 0.6 is 11.6 Å². The number of aromatic nitrogens is 5. The Morgan fingerprint density at radius 3 is 3.06 bits per heavy atom. The van der Waals surface area contributed by atoms with E-state index in [-0.39, 0.29) is 29.0 Å². The molecule has 0 aliphatic carbocycles. The van der Waals surface area contributed by atoms with Gasteiger partial charge < -0.3 is 10.5 Å². The zero-order chi connectivity index (χ0) is 26.0. The number of ether oxygens (including phenoxy) is 1. The molecule has 0 fully saturated rings. The predicted octanol–water partition coefficient (Wildman–Crippen LogP) is 4.70. The lowest BCUT2D eigenvalue weighted by atomic mass is 9.99.